The Hall–Kier alpha value is -0.900. The molecular weight excluding hydrogens is 258 g/mol. The van der Waals surface area contributed by atoms with Gasteiger partial charge in [-0.15, -0.1) is 0 Å². The fourth-order valence-electron chi connectivity index (χ4n) is 3.17. The highest BCUT2D eigenvalue weighted by Crippen LogP contribution is 2.19. The summed E-state index contributed by atoms with van der Waals surface area (Å²) in [4.78, 5) is 5.11. The van der Waals surface area contributed by atoms with Gasteiger partial charge in [0.2, 0.25) is 0 Å². The van der Waals surface area contributed by atoms with Crippen LogP contribution in [0.5, 0.6) is 0 Å². The first-order chi connectivity index (χ1) is 10.2. The lowest BCUT2D eigenvalue weighted by molar-refractivity contribution is 0.0884. The summed E-state index contributed by atoms with van der Waals surface area (Å²) in [5, 5.41) is 3.58. The SMILES string of the molecule is CCC1CN(Cc2ccc(CNC3CC3)cc2)CCN1C. The largest absolute Gasteiger partial charge is 0.310 e. The van der Waals surface area contributed by atoms with Gasteiger partial charge in [-0.2, -0.15) is 0 Å². The maximum Gasteiger partial charge on any atom is 0.0234 e. The van der Waals surface area contributed by atoms with Gasteiger partial charge in [0.05, 0.1) is 0 Å². The van der Waals surface area contributed by atoms with Crippen molar-refractivity contribution in [3.63, 3.8) is 0 Å². The molecule has 3 nitrogen and oxygen atoms in total. The minimum absolute atomic E-state index is 0.723. The topological polar surface area (TPSA) is 18.5 Å². The molecule has 1 heterocycles. The van der Waals surface area contributed by atoms with Crippen LogP contribution in [-0.2, 0) is 13.1 Å². The average molecular weight is 287 g/mol. The zero-order chi connectivity index (χ0) is 14.7. The molecule has 1 saturated carbocycles. The van der Waals surface area contributed by atoms with Crippen molar-refractivity contribution in [2.45, 2.75) is 51.4 Å². The highest BCUT2D eigenvalue weighted by Gasteiger charge is 2.22. The summed E-state index contributed by atoms with van der Waals surface area (Å²) >= 11 is 0. The van der Waals surface area contributed by atoms with Crippen LogP contribution in [0, 0.1) is 0 Å². The van der Waals surface area contributed by atoms with E-state index in [1.54, 1.807) is 0 Å². The molecule has 1 unspecified atom stereocenters. The molecule has 21 heavy (non-hydrogen) atoms. The summed E-state index contributed by atoms with van der Waals surface area (Å²) in [5.41, 5.74) is 2.86. The van der Waals surface area contributed by atoms with Crippen LogP contribution in [0.3, 0.4) is 0 Å². The molecule has 0 radical (unpaired) electrons. The summed E-state index contributed by atoms with van der Waals surface area (Å²) in [6.07, 6.45) is 3.97. The van der Waals surface area contributed by atoms with Gasteiger partial charge in [-0.25, -0.2) is 0 Å². The molecule has 1 aliphatic heterocycles. The summed E-state index contributed by atoms with van der Waals surface area (Å²) in [6.45, 7) is 8.02. The molecule has 1 aliphatic carbocycles. The standard InChI is InChI=1S/C18H29N3/c1-3-18-14-21(11-10-20(18)2)13-16-6-4-15(5-7-16)12-19-17-8-9-17/h4-7,17-19H,3,8-14H2,1-2H3. The second kappa shape index (κ2) is 6.91. The van der Waals surface area contributed by atoms with E-state index in [-0.39, 0.29) is 0 Å². The molecule has 2 aliphatic rings. The Kier molecular flexibility index (Phi) is 4.94. The van der Waals surface area contributed by atoms with Crippen molar-refractivity contribution in [1.29, 1.82) is 0 Å². The van der Waals surface area contributed by atoms with Crippen molar-refractivity contribution in [2.24, 2.45) is 0 Å². The van der Waals surface area contributed by atoms with Gasteiger partial charge < -0.3 is 10.2 Å². The number of hydrogen-bond donors (Lipinski definition) is 1. The van der Waals surface area contributed by atoms with Gasteiger partial charge in [-0.3, -0.25) is 4.90 Å². The number of nitrogens with one attached hydrogen (secondary N) is 1. The van der Waals surface area contributed by atoms with E-state index < -0.39 is 0 Å². The highest BCUT2D eigenvalue weighted by atomic mass is 15.3. The number of rotatable bonds is 6. The van der Waals surface area contributed by atoms with Gasteiger partial charge in [0.15, 0.2) is 0 Å². The smallest absolute Gasteiger partial charge is 0.0234 e. The maximum absolute atomic E-state index is 3.58. The van der Waals surface area contributed by atoms with E-state index in [9.17, 15) is 0 Å². The number of hydrogen-bond acceptors (Lipinski definition) is 3. The molecule has 0 bridgehead atoms. The Morgan fingerprint density at radius 3 is 2.48 bits per heavy atom. The lowest BCUT2D eigenvalue weighted by atomic mass is 10.1. The normalized spacial score (nSPS) is 24.4. The molecule has 1 saturated heterocycles. The fraction of sp³-hybridized carbons (Fsp3) is 0.667. The highest BCUT2D eigenvalue weighted by molar-refractivity contribution is 5.22. The summed E-state index contributed by atoms with van der Waals surface area (Å²) < 4.78 is 0. The van der Waals surface area contributed by atoms with Crippen LogP contribution >= 0.6 is 0 Å². The zero-order valence-corrected chi connectivity index (χ0v) is 13.5. The quantitative estimate of drug-likeness (QED) is 0.867. The van der Waals surface area contributed by atoms with Crippen LogP contribution in [0.15, 0.2) is 24.3 Å². The molecule has 1 N–H and O–H groups in total. The van der Waals surface area contributed by atoms with E-state index in [0.29, 0.717) is 0 Å². The number of piperazine rings is 1. The second-order valence-electron chi connectivity index (χ2n) is 6.75. The van der Waals surface area contributed by atoms with E-state index in [4.69, 9.17) is 0 Å². The minimum Gasteiger partial charge on any atom is -0.310 e. The van der Waals surface area contributed by atoms with Crippen LogP contribution in [0.1, 0.15) is 37.3 Å². The van der Waals surface area contributed by atoms with E-state index in [0.717, 1.165) is 25.2 Å². The number of nitrogens with zero attached hydrogens (tertiary/aromatic N) is 2. The van der Waals surface area contributed by atoms with Gasteiger partial charge in [-0.1, -0.05) is 31.2 Å². The summed E-state index contributed by atoms with van der Waals surface area (Å²) in [5.74, 6) is 0. The minimum atomic E-state index is 0.723. The lowest BCUT2D eigenvalue weighted by Crippen LogP contribution is -2.50. The van der Waals surface area contributed by atoms with Crippen LogP contribution in [0.2, 0.25) is 0 Å². The van der Waals surface area contributed by atoms with Gasteiger partial charge in [0, 0.05) is 44.8 Å². The van der Waals surface area contributed by atoms with Crippen molar-refractivity contribution in [3.8, 4) is 0 Å². The van der Waals surface area contributed by atoms with Crippen molar-refractivity contribution in [3.05, 3.63) is 35.4 Å². The lowest BCUT2D eigenvalue weighted by Gasteiger charge is -2.39. The Bertz CT molecular complexity index is 438. The molecule has 116 valence electrons. The van der Waals surface area contributed by atoms with Crippen molar-refractivity contribution in [1.82, 2.24) is 15.1 Å². The molecule has 1 aromatic carbocycles. The van der Waals surface area contributed by atoms with Crippen LogP contribution < -0.4 is 5.32 Å². The van der Waals surface area contributed by atoms with Crippen LogP contribution in [0.4, 0.5) is 0 Å². The molecule has 1 aromatic rings. The molecule has 0 spiro atoms. The first-order valence-corrected chi connectivity index (χ1v) is 8.48. The Balaban J connectivity index is 1.50. The van der Waals surface area contributed by atoms with Crippen molar-refractivity contribution < 1.29 is 0 Å². The number of benzene rings is 1. The van der Waals surface area contributed by atoms with Gasteiger partial charge in [-0.05, 0) is 37.4 Å². The van der Waals surface area contributed by atoms with E-state index in [1.165, 1.54) is 50.0 Å². The second-order valence-corrected chi connectivity index (χ2v) is 6.75. The first-order valence-electron chi connectivity index (χ1n) is 8.48. The predicted molar refractivity (Wildman–Crippen MR) is 88.3 cm³/mol. The average Bonchev–Trinajstić information content (AvgIpc) is 3.33. The third kappa shape index (κ3) is 4.29. The third-order valence-electron chi connectivity index (χ3n) is 4.93. The summed E-state index contributed by atoms with van der Waals surface area (Å²) in [6, 6.07) is 10.7. The Morgan fingerprint density at radius 2 is 1.81 bits per heavy atom. The molecule has 0 amide bonds. The van der Waals surface area contributed by atoms with Gasteiger partial charge in [0.25, 0.3) is 0 Å². The fourth-order valence-corrected chi connectivity index (χ4v) is 3.17. The predicted octanol–water partition coefficient (Wildman–Crippen LogP) is 2.46. The number of likely N-dealkylation sites (N-methyl/N-ethyl adjacent to an activating group) is 1. The zero-order valence-electron chi connectivity index (χ0n) is 13.5. The molecule has 3 heteroatoms. The van der Waals surface area contributed by atoms with Gasteiger partial charge in [0.1, 0.15) is 0 Å². The first kappa shape index (κ1) is 15.0. The van der Waals surface area contributed by atoms with E-state index in [2.05, 4.69) is 53.4 Å². The Labute approximate surface area is 129 Å². The molecule has 2 fully saturated rings. The molecule has 3 rings (SSSR count). The van der Waals surface area contributed by atoms with Crippen LogP contribution in [0.25, 0.3) is 0 Å². The van der Waals surface area contributed by atoms with Crippen molar-refractivity contribution in [2.75, 3.05) is 26.7 Å². The molecule has 0 aromatic heterocycles. The van der Waals surface area contributed by atoms with Crippen molar-refractivity contribution >= 4 is 0 Å². The van der Waals surface area contributed by atoms with Crippen LogP contribution in [-0.4, -0.2) is 48.6 Å². The maximum atomic E-state index is 3.58. The monoisotopic (exact) mass is 287 g/mol. The molecule has 1 atom stereocenters. The Morgan fingerprint density at radius 1 is 1.10 bits per heavy atom. The van der Waals surface area contributed by atoms with E-state index in [1.807, 2.05) is 0 Å². The molecular formula is C18H29N3. The third-order valence-corrected chi connectivity index (χ3v) is 4.93. The van der Waals surface area contributed by atoms with E-state index >= 15 is 0 Å². The summed E-state index contributed by atoms with van der Waals surface area (Å²) in [7, 11) is 2.26. The van der Waals surface area contributed by atoms with Gasteiger partial charge >= 0.3 is 0 Å².